The van der Waals surface area contributed by atoms with Crippen molar-refractivity contribution in [1.29, 1.82) is 0 Å². The highest BCUT2D eigenvalue weighted by Crippen LogP contribution is 2.41. The van der Waals surface area contributed by atoms with Gasteiger partial charge in [-0.1, -0.05) is 50.1 Å². The molecule has 0 atom stereocenters. The predicted molar refractivity (Wildman–Crippen MR) is 70.1 cm³/mol. The Morgan fingerprint density at radius 3 is 2.67 bits per heavy atom. The molecule has 0 aliphatic heterocycles. The lowest BCUT2D eigenvalue weighted by Gasteiger charge is -2.03. The Balaban J connectivity index is 2.33. The van der Waals surface area contributed by atoms with Gasteiger partial charge in [0.2, 0.25) is 0 Å². The van der Waals surface area contributed by atoms with Crippen molar-refractivity contribution in [3.63, 3.8) is 0 Å². The van der Waals surface area contributed by atoms with Gasteiger partial charge in [-0.25, -0.2) is 0 Å². The third-order valence-electron chi connectivity index (χ3n) is 2.82. The van der Waals surface area contributed by atoms with E-state index in [1.54, 1.807) is 0 Å². The van der Waals surface area contributed by atoms with Gasteiger partial charge in [0.1, 0.15) is 0 Å². The molecule has 0 amide bonds. The fourth-order valence-corrected chi connectivity index (χ4v) is 3.14. The monoisotopic (exact) mass is 322 g/mol. The van der Waals surface area contributed by atoms with E-state index in [0.717, 1.165) is 10.9 Å². The lowest BCUT2D eigenvalue weighted by atomic mass is 10.1. The first kappa shape index (κ1) is 9.61. The van der Waals surface area contributed by atoms with Crippen molar-refractivity contribution in [1.82, 2.24) is 0 Å². The molecule has 2 aromatic carbocycles. The van der Waals surface area contributed by atoms with Crippen LogP contribution in [0.15, 0.2) is 45.3 Å². The molecule has 2 aromatic rings. The number of halogens is 2. The van der Waals surface area contributed by atoms with Gasteiger partial charge in [-0.2, -0.15) is 0 Å². The highest BCUT2D eigenvalue weighted by Gasteiger charge is 2.20. The fourth-order valence-electron chi connectivity index (χ4n) is 2.16. The molecule has 0 N–H and O–H groups in total. The van der Waals surface area contributed by atoms with Gasteiger partial charge in [0.25, 0.3) is 0 Å². The van der Waals surface area contributed by atoms with E-state index in [-0.39, 0.29) is 0 Å². The van der Waals surface area contributed by atoms with E-state index >= 15 is 0 Å². The lowest BCUT2D eigenvalue weighted by Crippen LogP contribution is -1.79. The normalized spacial score (nSPS) is 12.4. The summed E-state index contributed by atoms with van der Waals surface area (Å²) >= 11 is 7.15. The quantitative estimate of drug-likeness (QED) is 0.558. The summed E-state index contributed by atoms with van der Waals surface area (Å²) < 4.78 is 2.33. The molecule has 2 heteroatoms. The Morgan fingerprint density at radius 2 is 1.80 bits per heavy atom. The molecule has 0 saturated heterocycles. The molecule has 0 spiro atoms. The van der Waals surface area contributed by atoms with Crippen molar-refractivity contribution >= 4 is 31.9 Å². The van der Waals surface area contributed by atoms with E-state index in [0.29, 0.717) is 0 Å². The first-order valence-corrected chi connectivity index (χ1v) is 6.40. The summed E-state index contributed by atoms with van der Waals surface area (Å²) in [6, 6.07) is 12.9. The number of rotatable bonds is 0. The van der Waals surface area contributed by atoms with Crippen molar-refractivity contribution in [2.75, 3.05) is 0 Å². The zero-order valence-corrected chi connectivity index (χ0v) is 11.1. The molecule has 0 nitrogen and oxygen atoms in total. The van der Waals surface area contributed by atoms with Crippen molar-refractivity contribution in [2.45, 2.75) is 6.42 Å². The summed E-state index contributed by atoms with van der Waals surface area (Å²) in [6.07, 6.45) is 1.05. The van der Waals surface area contributed by atoms with Crippen LogP contribution in [0.2, 0.25) is 0 Å². The molecule has 1 aliphatic rings. The minimum absolute atomic E-state index is 1.05. The van der Waals surface area contributed by atoms with E-state index < -0.39 is 0 Å². The van der Waals surface area contributed by atoms with E-state index in [1.807, 2.05) is 0 Å². The average molecular weight is 324 g/mol. The second-order valence-corrected chi connectivity index (χ2v) is 5.52. The third-order valence-corrected chi connectivity index (χ3v) is 3.98. The largest absolute Gasteiger partial charge is 0.0608 e. The maximum atomic E-state index is 3.63. The molecule has 0 heterocycles. The Morgan fingerprint density at radius 1 is 0.933 bits per heavy atom. The topological polar surface area (TPSA) is 0 Å². The summed E-state index contributed by atoms with van der Waals surface area (Å²) in [4.78, 5) is 0. The van der Waals surface area contributed by atoms with Gasteiger partial charge >= 0.3 is 0 Å². The molecule has 0 aromatic heterocycles. The molecule has 1 aliphatic carbocycles. The molecule has 74 valence electrons. The van der Waals surface area contributed by atoms with Gasteiger partial charge in [0.05, 0.1) is 0 Å². The van der Waals surface area contributed by atoms with Gasteiger partial charge in [-0.05, 0) is 46.9 Å². The first-order chi connectivity index (χ1) is 7.25. The minimum Gasteiger partial charge on any atom is -0.0608 e. The molecule has 3 rings (SSSR count). The molecule has 15 heavy (non-hydrogen) atoms. The van der Waals surface area contributed by atoms with Crippen LogP contribution in [0.4, 0.5) is 0 Å². The summed E-state index contributed by atoms with van der Waals surface area (Å²) in [5.41, 5.74) is 5.54. The van der Waals surface area contributed by atoms with Crippen LogP contribution in [0, 0.1) is 0 Å². The van der Waals surface area contributed by atoms with Crippen molar-refractivity contribution in [3.8, 4) is 11.1 Å². The van der Waals surface area contributed by atoms with Gasteiger partial charge in [-0.3, -0.25) is 0 Å². The molecule has 0 bridgehead atoms. The number of hydrogen-bond donors (Lipinski definition) is 0. The highest BCUT2D eigenvalue weighted by atomic mass is 79.9. The van der Waals surface area contributed by atoms with Crippen LogP contribution >= 0.6 is 31.9 Å². The number of fused-ring (bicyclic) bond motifs is 3. The van der Waals surface area contributed by atoms with Crippen molar-refractivity contribution in [2.24, 2.45) is 0 Å². The zero-order valence-electron chi connectivity index (χ0n) is 7.93. The maximum absolute atomic E-state index is 3.63. The molecule has 0 fully saturated rings. The van der Waals surface area contributed by atoms with Gasteiger partial charge in [-0.15, -0.1) is 0 Å². The molecular formula is C13H8Br2. The predicted octanol–water partition coefficient (Wildman–Crippen LogP) is 4.78. The molecular weight excluding hydrogens is 316 g/mol. The average Bonchev–Trinajstić information content (AvgIpc) is 2.57. The Bertz CT molecular complexity index is 544. The van der Waals surface area contributed by atoms with Crippen LogP contribution in [0.25, 0.3) is 11.1 Å². The van der Waals surface area contributed by atoms with E-state index in [2.05, 4.69) is 68.3 Å². The molecule has 0 saturated carbocycles. The highest BCUT2D eigenvalue weighted by molar-refractivity contribution is 9.10. The standard InChI is InChI=1S/C13H8Br2/c14-10-5-4-8-6-9-2-1-3-12(15)13(9)11(8)7-10/h1-5,7H,6H2. The lowest BCUT2D eigenvalue weighted by molar-refractivity contribution is 1.26. The van der Waals surface area contributed by atoms with Crippen molar-refractivity contribution in [3.05, 3.63) is 56.5 Å². The Kier molecular flexibility index (Phi) is 2.22. The minimum atomic E-state index is 1.05. The van der Waals surface area contributed by atoms with Crippen LogP contribution < -0.4 is 0 Å². The summed E-state index contributed by atoms with van der Waals surface area (Å²) in [7, 11) is 0. The molecule has 0 radical (unpaired) electrons. The number of benzene rings is 2. The Hall–Kier alpha value is -0.600. The van der Waals surface area contributed by atoms with Crippen LogP contribution in [-0.2, 0) is 6.42 Å². The first-order valence-electron chi connectivity index (χ1n) is 4.82. The van der Waals surface area contributed by atoms with Gasteiger partial charge in [0, 0.05) is 8.95 Å². The second kappa shape index (κ2) is 3.46. The smallest absolute Gasteiger partial charge is 0.0256 e. The van der Waals surface area contributed by atoms with E-state index in [1.165, 1.54) is 26.7 Å². The summed E-state index contributed by atoms with van der Waals surface area (Å²) in [6.45, 7) is 0. The van der Waals surface area contributed by atoms with Gasteiger partial charge < -0.3 is 0 Å². The Labute approximate surface area is 106 Å². The second-order valence-electron chi connectivity index (χ2n) is 3.75. The maximum Gasteiger partial charge on any atom is 0.0256 e. The van der Waals surface area contributed by atoms with Crippen LogP contribution in [0.1, 0.15) is 11.1 Å². The SMILES string of the molecule is Brc1ccc2c(c1)-c1c(Br)cccc1C2. The third kappa shape index (κ3) is 1.47. The zero-order chi connectivity index (χ0) is 10.4. The van der Waals surface area contributed by atoms with E-state index in [4.69, 9.17) is 0 Å². The summed E-state index contributed by atoms with van der Waals surface area (Å²) in [5, 5.41) is 0. The van der Waals surface area contributed by atoms with Gasteiger partial charge in [0.15, 0.2) is 0 Å². The van der Waals surface area contributed by atoms with Crippen molar-refractivity contribution < 1.29 is 0 Å². The molecule has 0 unspecified atom stereocenters. The summed E-state index contributed by atoms with van der Waals surface area (Å²) in [5.74, 6) is 0. The van der Waals surface area contributed by atoms with Crippen LogP contribution in [0.5, 0.6) is 0 Å². The fraction of sp³-hybridized carbons (Fsp3) is 0.0769. The van der Waals surface area contributed by atoms with Crippen LogP contribution in [-0.4, -0.2) is 0 Å². The number of hydrogen-bond acceptors (Lipinski definition) is 0. The van der Waals surface area contributed by atoms with Crippen LogP contribution in [0.3, 0.4) is 0 Å². The van der Waals surface area contributed by atoms with E-state index in [9.17, 15) is 0 Å².